The summed E-state index contributed by atoms with van der Waals surface area (Å²) >= 11 is 0. The van der Waals surface area contributed by atoms with Gasteiger partial charge >= 0.3 is 0 Å². The summed E-state index contributed by atoms with van der Waals surface area (Å²) in [7, 11) is 1.62. The number of benzene rings is 1. The van der Waals surface area contributed by atoms with Crippen molar-refractivity contribution in [2.24, 2.45) is 0 Å². The summed E-state index contributed by atoms with van der Waals surface area (Å²) in [6.45, 7) is 2.14. The highest BCUT2D eigenvalue weighted by Gasteiger charge is 2.08. The Labute approximate surface area is 103 Å². The maximum absolute atomic E-state index is 10.9. The molecule has 0 fully saturated rings. The molecule has 0 heterocycles. The average molecular weight is 236 g/mol. The zero-order chi connectivity index (χ0) is 12.5. The molecule has 0 spiro atoms. The average Bonchev–Trinajstić information content (AvgIpc) is 2.38. The molecule has 0 aliphatic carbocycles. The summed E-state index contributed by atoms with van der Waals surface area (Å²) < 4.78 is 10.6. The molecule has 0 aliphatic heterocycles. The molecule has 3 heteroatoms. The Morgan fingerprint density at radius 3 is 2.35 bits per heavy atom. The Morgan fingerprint density at radius 1 is 1.18 bits per heavy atom. The highest BCUT2D eigenvalue weighted by molar-refractivity contribution is 5.56. The lowest BCUT2D eigenvalue weighted by Crippen LogP contribution is -2.17. The summed E-state index contributed by atoms with van der Waals surface area (Å²) in [4.78, 5) is 10.9. The third-order valence-corrected chi connectivity index (χ3v) is 2.59. The van der Waals surface area contributed by atoms with Crippen LogP contribution in [0.1, 0.15) is 32.6 Å². The van der Waals surface area contributed by atoms with Crippen LogP contribution in [-0.2, 0) is 4.79 Å². The molecule has 1 atom stereocenters. The van der Waals surface area contributed by atoms with Crippen LogP contribution in [0.25, 0.3) is 0 Å². The third-order valence-electron chi connectivity index (χ3n) is 2.59. The fourth-order valence-electron chi connectivity index (χ4n) is 1.58. The van der Waals surface area contributed by atoms with E-state index in [2.05, 4.69) is 6.92 Å². The van der Waals surface area contributed by atoms with Crippen molar-refractivity contribution in [2.45, 2.75) is 38.7 Å². The lowest BCUT2D eigenvalue weighted by atomic mass is 10.1. The molecule has 1 aromatic rings. The maximum Gasteiger partial charge on any atom is 0.160 e. The fraction of sp³-hybridized carbons (Fsp3) is 0.500. The van der Waals surface area contributed by atoms with Gasteiger partial charge in [-0.15, -0.1) is 0 Å². The van der Waals surface area contributed by atoms with Crippen LogP contribution in [0.5, 0.6) is 11.5 Å². The second-order valence-corrected chi connectivity index (χ2v) is 3.96. The summed E-state index contributed by atoms with van der Waals surface area (Å²) in [5.41, 5.74) is 0. The lowest BCUT2D eigenvalue weighted by molar-refractivity contribution is -0.114. The smallest absolute Gasteiger partial charge is 0.160 e. The number of hydrogen-bond donors (Lipinski definition) is 0. The molecule has 0 bridgehead atoms. The van der Waals surface area contributed by atoms with Gasteiger partial charge in [0.25, 0.3) is 0 Å². The van der Waals surface area contributed by atoms with Crippen molar-refractivity contribution < 1.29 is 14.3 Å². The van der Waals surface area contributed by atoms with E-state index in [0.717, 1.165) is 37.7 Å². The molecule has 1 aromatic carbocycles. The predicted octanol–water partition coefficient (Wildman–Crippen LogP) is 3.22. The van der Waals surface area contributed by atoms with Crippen molar-refractivity contribution in [1.82, 2.24) is 0 Å². The quantitative estimate of drug-likeness (QED) is 0.513. The molecular formula is C14H20O3. The van der Waals surface area contributed by atoms with Crippen LogP contribution in [0.2, 0.25) is 0 Å². The van der Waals surface area contributed by atoms with E-state index >= 15 is 0 Å². The predicted molar refractivity (Wildman–Crippen MR) is 67.6 cm³/mol. The number of unbranched alkanes of at least 4 members (excludes halogenated alkanes) is 2. The van der Waals surface area contributed by atoms with Crippen molar-refractivity contribution in [2.75, 3.05) is 7.11 Å². The number of methoxy groups -OCH3 is 1. The molecule has 94 valence electrons. The SMILES string of the molecule is CCCCCC(C=O)Oc1ccc(OC)cc1. The monoisotopic (exact) mass is 236 g/mol. The normalized spacial score (nSPS) is 11.9. The van der Waals surface area contributed by atoms with Gasteiger partial charge in [-0.3, -0.25) is 4.79 Å². The van der Waals surface area contributed by atoms with Gasteiger partial charge in [-0.25, -0.2) is 0 Å². The van der Waals surface area contributed by atoms with Crippen LogP contribution in [-0.4, -0.2) is 19.5 Å². The Kier molecular flexibility index (Phi) is 6.15. The zero-order valence-corrected chi connectivity index (χ0v) is 10.5. The number of carbonyl (C=O) groups is 1. The van der Waals surface area contributed by atoms with Gasteiger partial charge in [0, 0.05) is 0 Å². The van der Waals surface area contributed by atoms with Gasteiger partial charge < -0.3 is 9.47 Å². The second kappa shape index (κ2) is 7.71. The van der Waals surface area contributed by atoms with Crippen molar-refractivity contribution >= 4 is 6.29 Å². The largest absolute Gasteiger partial charge is 0.497 e. The Hall–Kier alpha value is -1.51. The summed E-state index contributed by atoms with van der Waals surface area (Å²) in [5.74, 6) is 1.49. The van der Waals surface area contributed by atoms with Gasteiger partial charge in [0.1, 0.15) is 11.5 Å². The first kappa shape index (κ1) is 13.6. The highest BCUT2D eigenvalue weighted by Crippen LogP contribution is 2.19. The zero-order valence-electron chi connectivity index (χ0n) is 10.5. The van der Waals surface area contributed by atoms with E-state index in [1.165, 1.54) is 0 Å². The molecule has 1 unspecified atom stereocenters. The molecule has 0 aromatic heterocycles. The molecule has 0 radical (unpaired) electrons. The van der Waals surface area contributed by atoms with Crippen molar-refractivity contribution in [3.63, 3.8) is 0 Å². The minimum Gasteiger partial charge on any atom is -0.497 e. The first-order valence-corrected chi connectivity index (χ1v) is 6.06. The van der Waals surface area contributed by atoms with E-state index in [9.17, 15) is 4.79 Å². The van der Waals surface area contributed by atoms with E-state index in [-0.39, 0.29) is 6.10 Å². The molecule has 0 N–H and O–H groups in total. The summed E-state index contributed by atoms with van der Waals surface area (Å²) in [5, 5.41) is 0. The Bertz CT molecular complexity index is 319. The van der Waals surface area contributed by atoms with Crippen molar-refractivity contribution in [3.8, 4) is 11.5 Å². The van der Waals surface area contributed by atoms with Gasteiger partial charge in [0.15, 0.2) is 12.4 Å². The molecule has 0 saturated carbocycles. The molecule has 0 aliphatic rings. The molecule has 1 rings (SSSR count). The van der Waals surface area contributed by atoms with E-state index in [4.69, 9.17) is 9.47 Å². The highest BCUT2D eigenvalue weighted by atomic mass is 16.5. The van der Waals surface area contributed by atoms with Crippen LogP contribution in [0.4, 0.5) is 0 Å². The van der Waals surface area contributed by atoms with Crippen molar-refractivity contribution in [3.05, 3.63) is 24.3 Å². The van der Waals surface area contributed by atoms with E-state index in [0.29, 0.717) is 5.75 Å². The van der Waals surface area contributed by atoms with Gasteiger partial charge in [-0.05, 0) is 37.1 Å². The Balaban J connectivity index is 2.45. The van der Waals surface area contributed by atoms with Crippen LogP contribution >= 0.6 is 0 Å². The summed E-state index contributed by atoms with van der Waals surface area (Å²) in [6, 6.07) is 7.27. The standard InChI is InChI=1S/C14H20O3/c1-3-4-5-6-14(11-15)17-13-9-7-12(16-2)8-10-13/h7-11,14H,3-6H2,1-2H3. The molecular weight excluding hydrogens is 216 g/mol. The van der Waals surface area contributed by atoms with Crippen LogP contribution in [0.15, 0.2) is 24.3 Å². The van der Waals surface area contributed by atoms with Crippen LogP contribution in [0.3, 0.4) is 0 Å². The number of aldehydes is 1. The Morgan fingerprint density at radius 2 is 1.82 bits per heavy atom. The van der Waals surface area contributed by atoms with E-state index in [1.54, 1.807) is 7.11 Å². The first-order chi connectivity index (χ1) is 8.30. The van der Waals surface area contributed by atoms with E-state index < -0.39 is 0 Å². The molecule has 0 amide bonds. The lowest BCUT2D eigenvalue weighted by Gasteiger charge is -2.13. The van der Waals surface area contributed by atoms with E-state index in [1.807, 2.05) is 24.3 Å². The summed E-state index contributed by atoms with van der Waals surface area (Å²) in [6.07, 6.45) is 4.62. The minimum absolute atomic E-state index is 0.338. The van der Waals surface area contributed by atoms with Gasteiger partial charge in [-0.1, -0.05) is 19.8 Å². The third kappa shape index (κ3) is 4.89. The maximum atomic E-state index is 10.9. The van der Waals surface area contributed by atoms with Gasteiger partial charge in [0.2, 0.25) is 0 Å². The van der Waals surface area contributed by atoms with Crippen LogP contribution < -0.4 is 9.47 Å². The number of rotatable bonds is 8. The minimum atomic E-state index is -0.338. The molecule has 3 nitrogen and oxygen atoms in total. The van der Waals surface area contributed by atoms with Crippen LogP contribution in [0, 0.1) is 0 Å². The number of ether oxygens (including phenoxy) is 2. The first-order valence-electron chi connectivity index (χ1n) is 6.06. The fourth-order valence-corrected chi connectivity index (χ4v) is 1.58. The van der Waals surface area contributed by atoms with Crippen molar-refractivity contribution in [1.29, 1.82) is 0 Å². The van der Waals surface area contributed by atoms with Gasteiger partial charge in [-0.2, -0.15) is 0 Å². The molecule has 17 heavy (non-hydrogen) atoms. The topological polar surface area (TPSA) is 35.5 Å². The second-order valence-electron chi connectivity index (χ2n) is 3.96. The number of carbonyl (C=O) groups excluding carboxylic acids is 1. The molecule has 0 saturated heterocycles. The number of hydrogen-bond acceptors (Lipinski definition) is 3. The van der Waals surface area contributed by atoms with Gasteiger partial charge in [0.05, 0.1) is 7.11 Å².